The molecule has 0 heterocycles. The van der Waals surface area contributed by atoms with Crippen LogP contribution in [0.25, 0.3) is 0 Å². The van der Waals surface area contributed by atoms with Gasteiger partial charge in [-0.25, -0.2) is 4.99 Å². The molecule has 2 rings (SSSR count). The predicted molar refractivity (Wildman–Crippen MR) is 124 cm³/mol. The Kier molecular flexibility index (Phi) is 11.2. The van der Waals surface area contributed by atoms with Crippen molar-refractivity contribution in [1.82, 2.24) is 10.6 Å². The van der Waals surface area contributed by atoms with Crippen molar-refractivity contribution in [3.8, 4) is 17.2 Å². The number of hydrogen-bond acceptors (Lipinski definition) is 4. The zero-order chi connectivity index (χ0) is 19.5. The molecule has 1 atom stereocenters. The highest BCUT2D eigenvalue weighted by molar-refractivity contribution is 14.0. The molecule has 0 saturated heterocycles. The van der Waals surface area contributed by atoms with Gasteiger partial charge in [-0.2, -0.15) is 0 Å². The Labute approximate surface area is 184 Å². The van der Waals surface area contributed by atoms with Crippen LogP contribution in [0.15, 0.2) is 53.5 Å². The molecule has 0 radical (unpaired) electrons. The van der Waals surface area contributed by atoms with Gasteiger partial charge in [0.1, 0.15) is 11.9 Å². The number of halogens is 1. The zero-order valence-corrected chi connectivity index (χ0v) is 19.2. The predicted octanol–water partition coefficient (Wildman–Crippen LogP) is 3.84. The molecular weight excluding hydrogens is 469 g/mol. The highest BCUT2D eigenvalue weighted by Gasteiger charge is 2.09. The molecule has 0 aliphatic rings. The summed E-state index contributed by atoms with van der Waals surface area (Å²) < 4.78 is 16.5. The van der Waals surface area contributed by atoms with E-state index in [2.05, 4.69) is 15.6 Å². The first-order chi connectivity index (χ1) is 13.2. The van der Waals surface area contributed by atoms with Gasteiger partial charge < -0.3 is 24.8 Å². The Morgan fingerprint density at radius 2 is 1.64 bits per heavy atom. The fourth-order valence-corrected chi connectivity index (χ4v) is 2.46. The fourth-order valence-electron chi connectivity index (χ4n) is 2.46. The number of para-hydroxylation sites is 2. The molecule has 0 amide bonds. The number of nitrogens with zero attached hydrogens (tertiary/aromatic N) is 1. The first-order valence-corrected chi connectivity index (χ1v) is 9.11. The lowest BCUT2D eigenvalue weighted by atomic mass is 10.2. The highest BCUT2D eigenvalue weighted by atomic mass is 127. The molecular formula is C21H30IN3O3. The van der Waals surface area contributed by atoms with Crippen molar-refractivity contribution in [2.75, 3.05) is 27.3 Å². The van der Waals surface area contributed by atoms with Crippen molar-refractivity contribution in [2.45, 2.75) is 26.5 Å². The summed E-state index contributed by atoms with van der Waals surface area (Å²) in [5.74, 6) is 3.05. The van der Waals surface area contributed by atoms with Crippen LogP contribution in [0.4, 0.5) is 0 Å². The minimum Gasteiger partial charge on any atom is -0.497 e. The fraction of sp³-hybridized carbons (Fsp3) is 0.381. The van der Waals surface area contributed by atoms with Crippen molar-refractivity contribution in [1.29, 1.82) is 0 Å². The van der Waals surface area contributed by atoms with E-state index in [4.69, 9.17) is 14.2 Å². The van der Waals surface area contributed by atoms with Crippen LogP contribution in [-0.2, 0) is 6.54 Å². The monoisotopic (exact) mass is 499 g/mol. The highest BCUT2D eigenvalue weighted by Crippen LogP contribution is 2.26. The SMILES string of the molecule is CCNC(=NCc1ccc(OC)cc1)NCC(C)Oc1ccccc1OC.I. The molecule has 2 N–H and O–H groups in total. The molecule has 28 heavy (non-hydrogen) atoms. The van der Waals surface area contributed by atoms with Crippen molar-refractivity contribution in [3.05, 3.63) is 54.1 Å². The quantitative estimate of drug-likeness (QED) is 0.312. The molecule has 1 unspecified atom stereocenters. The average Bonchev–Trinajstić information content (AvgIpc) is 2.71. The number of aliphatic imine (C=N–C) groups is 1. The van der Waals surface area contributed by atoms with Crippen LogP contribution in [0.3, 0.4) is 0 Å². The van der Waals surface area contributed by atoms with Gasteiger partial charge in [-0.05, 0) is 43.7 Å². The van der Waals surface area contributed by atoms with Crippen LogP contribution in [0.5, 0.6) is 17.2 Å². The lowest BCUT2D eigenvalue weighted by Crippen LogP contribution is -2.41. The van der Waals surface area contributed by atoms with Gasteiger partial charge in [0.15, 0.2) is 17.5 Å². The van der Waals surface area contributed by atoms with Gasteiger partial charge in [0, 0.05) is 6.54 Å². The van der Waals surface area contributed by atoms with Crippen molar-refractivity contribution >= 4 is 29.9 Å². The number of benzene rings is 2. The molecule has 2 aromatic carbocycles. The van der Waals surface area contributed by atoms with Crippen LogP contribution in [-0.4, -0.2) is 39.4 Å². The first kappa shape index (κ1) is 23.9. The van der Waals surface area contributed by atoms with E-state index in [1.54, 1.807) is 14.2 Å². The van der Waals surface area contributed by atoms with Crippen molar-refractivity contribution < 1.29 is 14.2 Å². The van der Waals surface area contributed by atoms with E-state index in [0.717, 1.165) is 35.3 Å². The topological polar surface area (TPSA) is 64.1 Å². The van der Waals surface area contributed by atoms with E-state index in [9.17, 15) is 0 Å². The van der Waals surface area contributed by atoms with E-state index < -0.39 is 0 Å². The Bertz CT molecular complexity index is 723. The van der Waals surface area contributed by atoms with E-state index in [1.807, 2.05) is 62.4 Å². The molecule has 0 aliphatic heterocycles. The number of guanidine groups is 1. The second-order valence-electron chi connectivity index (χ2n) is 6.00. The second-order valence-corrected chi connectivity index (χ2v) is 6.00. The summed E-state index contributed by atoms with van der Waals surface area (Å²) in [7, 11) is 3.30. The summed E-state index contributed by atoms with van der Waals surface area (Å²) in [6, 6.07) is 15.5. The zero-order valence-electron chi connectivity index (χ0n) is 16.9. The molecule has 0 spiro atoms. The molecule has 0 fully saturated rings. The van der Waals surface area contributed by atoms with E-state index in [0.29, 0.717) is 13.1 Å². The second kappa shape index (κ2) is 13.1. The third-order valence-electron chi connectivity index (χ3n) is 3.88. The normalized spacial score (nSPS) is 11.8. The van der Waals surface area contributed by atoms with E-state index in [1.165, 1.54) is 0 Å². The smallest absolute Gasteiger partial charge is 0.191 e. The summed E-state index contributed by atoms with van der Waals surface area (Å²) in [6.07, 6.45) is -0.0499. The first-order valence-electron chi connectivity index (χ1n) is 9.11. The van der Waals surface area contributed by atoms with Crippen LogP contribution < -0.4 is 24.8 Å². The van der Waals surface area contributed by atoms with Gasteiger partial charge in [0.25, 0.3) is 0 Å². The maximum Gasteiger partial charge on any atom is 0.191 e. The summed E-state index contributed by atoms with van der Waals surface area (Å²) >= 11 is 0. The lowest BCUT2D eigenvalue weighted by Gasteiger charge is -2.19. The minimum absolute atomic E-state index is 0. The largest absolute Gasteiger partial charge is 0.497 e. The van der Waals surface area contributed by atoms with Gasteiger partial charge in [-0.15, -0.1) is 24.0 Å². The molecule has 154 valence electrons. The molecule has 7 heteroatoms. The molecule has 0 aliphatic carbocycles. The molecule has 0 saturated carbocycles. The van der Waals surface area contributed by atoms with E-state index >= 15 is 0 Å². The maximum absolute atomic E-state index is 5.97. The number of rotatable bonds is 9. The van der Waals surface area contributed by atoms with Crippen LogP contribution >= 0.6 is 24.0 Å². The molecule has 2 aromatic rings. The Hall–Kier alpha value is -2.16. The van der Waals surface area contributed by atoms with Crippen molar-refractivity contribution in [3.63, 3.8) is 0 Å². The van der Waals surface area contributed by atoms with Gasteiger partial charge in [-0.1, -0.05) is 24.3 Å². The maximum atomic E-state index is 5.97. The van der Waals surface area contributed by atoms with Crippen LogP contribution in [0.2, 0.25) is 0 Å². The standard InChI is InChI=1S/C21H29N3O3.HI/c1-5-22-21(24-15-17-10-12-18(25-3)13-11-17)23-14-16(2)27-20-9-7-6-8-19(20)26-4;/h6-13,16H,5,14-15H2,1-4H3,(H2,22,23,24);1H. The summed E-state index contributed by atoms with van der Waals surface area (Å²) in [4.78, 5) is 4.63. The summed E-state index contributed by atoms with van der Waals surface area (Å²) in [5.41, 5.74) is 1.12. The van der Waals surface area contributed by atoms with Crippen LogP contribution in [0, 0.1) is 0 Å². The number of hydrogen-bond donors (Lipinski definition) is 2. The number of nitrogens with one attached hydrogen (secondary N) is 2. The van der Waals surface area contributed by atoms with Gasteiger partial charge >= 0.3 is 0 Å². The Morgan fingerprint density at radius 3 is 2.25 bits per heavy atom. The summed E-state index contributed by atoms with van der Waals surface area (Å²) in [5, 5.41) is 6.57. The van der Waals surface area contributed by atoms with Gasteiger partial charge in [0.05, 0.1) is 27.3 Å². The van der Waals surface area contributed by atoms with Gasteiger partial charge in [-0.3, -0.25) is 0 Å². The summed E-state index contributed by atoms with van der Waals surface area (Å²) in [6.45, 7) is 6.04. The minimum atomic E-state index is -0.0499. The lowest BCUT2D eigenvalue weighted by molar-refractivity contribution is 0.213. The molecule has 0 aromatic heterocycles. The Morgan fingerprint density at radius 1 is 0.964 bits per heavy atom. The third kappa shape index (κ3) is 7.84. The molecule has 6 nitrogen and oxygen atoms in total. The Balaban J connectivity index is 0.00000392. The molecule has 0 bridgehead atoms. The number of ether oxygens (including phenoxy) is 3. The van der Waals surface area contributed by atoms with Gasteiger partial charge in [0.2, 0.25) is 0 Å². The van der Waals surface area contributed by atoms with E-state index in [-0.39, 0.29) is 30.1 Å². The van der Waals surface area contributed by atoms with Crippen molar-refractivity contribution in [2.24, 2.45) is 4.99 Å². The van der Waals surface area contributed by atoms with Crippen LogP contribution in [0.1, 0.15) is 19.4 Å². The average molecular weight is 499 g/mol. The number of methoxy groups -OCH3 is 2. The third-order valence-corrected chi connectivity index (χ3v) is 3.88.